The van der Waals surface area contributed by atoms with Crippen molar-refractivity contribution in [3.8, 4) is 0 Å². The molecule has 0 unspecified atom stereocenters. The molecule has 0 aliphatic rings. The predicted octanol–water partition coefficient (Wildman–Crippen LogP) is 0.923. The number of likely N-dealkylation sites (N-methyl/N-ethyl adjacent to an activating group) is 1. The van der Waals surface area contributed by atoms with E-state index < -0.39 is 5.97 Å². The standard InChI is InChI=1S/C12H19N3O3/c1-4-18-6-5-15(2)11-10(12(16)17-3)7-9(13)8-14-11/h7-8H,4-6,13H2,1-3H3. The molecule has 0 bridgehead atoms. The predicted molar refractivity (Wildman–Crippen MR) is 69.8 cm³/mol. The molecule has 0 radical (unpaired) electrons. The molecular formula is C12H19N3O3. The SMILES string of the molecule is CCOCCN(C)c1ncc(N)cc1C(=O)OC. The Morgan fingerprint density at radius 1 is 1.56 bits per heavy atom. The van der Waals surface area contributed by atoms with Gasteiger partial charge in [-0.2, -0.15) is 0 Å². The van der Waals surface area contributed by atoms with Crippen LogP contribution < -0.4 is 10.6 Å². The second-order valence-electron chi connectivity index (χ2n) is 3.75. The normalized spacial score (nSPS) is 10.2. The van der Waals surface area contributed by atoms with Crippen LogP contribution in [0.25, 0.3) is 0 Å². The average molecular weight is 253 g/mol. The number of hydrogen-bond donors (Lipinski definition) is 1. The molecular weight excluding hydrogens is 234 g/mol. The van der Waals surface area contributed by atoms with E-state index in [-0.39, 0.29) is 0 Å². The monoisotopic (exact) mass is 253 g/mol. The van der Waals surface area contributed by atoms with E-state index >= 15 is 0 Å². The number of hydrogen-bond acceptors (Lipinski definition) is 6. The maximum Gasteiger partial charge on any atom is 0.341 e. The lowest BCUT2D eigenvalue weighted by atomic mass is 10.2. The Morgan fingerprint density at radius 2 is 2.28 bits per heavy atom. The van der Waals surface area contributed by atoms with Crippen molar-refractivity contribution >= 4 is 17.5 Å². The molecule has 6 nitrogen and oxygen atoms in total. The molecule has 0 saturated heterocycles. The number of nitrogens with zero attached hydrogens (tertiary/aromatic N) is 2. The molecule has 6 heteroatoms. The van der Waals surface area contributed by atoms with Crippen molar-refractivity contribution in [1.29, 1.82) is 0 Å². The summed E-state index contributed by atoms with van der Waals surface area (Å²) in [5.74, 6) is 0.0869. The van der Waals surface area contributed by atoms with Crippen LogP contribution >= 0.6 is 0 Å². The van der Waals surface area contributed by atoms with Crippen molar-refractivity contribution in [2.45, 2.75) is 6.92 Å². The number of rotatable bonds is 6. The molecule has 100 valence electrons. The van der Waals surface area contributed by atoms with E-state index in [1.54, 1.807) is 6.07 Å². The Bertz CT molecular complexity index is 410. The van der Waals surface area contributed by atoms with Crippen molar-refractivity contribution in [2.24, 2.45) is 0 Å². The number of pyridine rings is 1. The fourth-order valence-electron chi connectivity index (χ4n) is 1.49. The molecule has 0 fully saturated rings. The molecule has 2 N–H and O–H groups in total. The van der Waals surface area contributed by atoms with E-state index in [1.165, 1.54) is 13.3 Å². The molecule has 0 atom stereocenters. The lowest BCUT2D eigenvalue weighted by Gasteiger charge is -2.20. The number of carbonyl (C=O) groups excluding carboxylic acids is 1. The van der Waals surface area contributed by atoms with Crippen molar-refractivity contribution in [1.82, 2.24) is 4.98 Å². The van der Waals surface area contributed by atoms with Crippen molar-refractivity contribution in [3.63, 3.8) is 0 Å². The summed E-state index contributed by atoms with van der Waals surface area (Å²) in [6.07, 6.45) is 1.51. The summed E-state index contributed by atoms with van der Waals surface area (Å²) >= 11 is 0. The summed E-state index contributed by atoms with van der Waals surface area (Å²) in [5.41, 5.74) is 6.41. The van der Waals surface area contributed by atoms with E-state index in [4.69, 9.17) is 15.2 Å². The van der Waals surface area contributed by atoms with Gasteiger partial charge in [0.2, 0.25) is 0 Å². The Labute approximate surface area is 107 Å². The molecule has 0 aromatic carbocycles. The minimum Gasteiger partial charge on any atom is -0.465 e. The lowest BCUT2D eigenvalue weighted by Crippen LogP contribution is -2.26. The molecule has 1 aromatic heterocycles. The number of methoxy groups -OCH3 is 1. The Morgan fingerprint density at radius 3 is 2.89 bits per heavy atom. The minimum atomic E-state index is -0.451. The lowest BCUT2D eigenvalue weighted by molar-refractivity contribution is 0.0601. The number of carbonyl (C=O) groups is 1. The maximum atomic E-state index is 11.6. The molecule has 0 aliphatic heterocycles. The third-order valence-corrected chi connectivity index (χ3v) is 2.43. The Kier molecular flexibility index (Phi) is 5.38. The Balaban J connectivity index is 2.89. The zero-order chi connectivity index (χ0) is 13.5. The topological polar surface area (TPSA) is 77.7 Å². The van der Waals surface area contributed by atoms with E-state index in [2.05, 4.69) is 4.98 Å². The van der Waals surface area contributed by atoms with Crippen LogP contribution in [0, 0.1) is 0 Å². The summed E-state index contributed by atoms with van der Waals surface area (Å²) in [7, 11) is 3.17. The van der Waals surface area contributed by atoms with Gasteiger partial charge in [0, 0.05) is 20.2 Å². The number of esters is 1. The van der Waals surface area contributed by atoms with Gasteiger partial charge in [-0.05, 0) is 13.0 Å². The fourth-order valence-corrected chi connectivity index (χ4v) is 1.49. The number of aromatic nitrogens is 1. The second-order valence-corrected chi connectivity index (χ2v) is 3.75. The molecule has 1 rings (SSSR count). The highest BCUT2D eigenvalue weighted by Gasteiger charge is 2.16. The van der Waals surface area contributed by atoms with Gasteiger partial charge >= 0.3 is 5.97 Å². The third-order valence-electron chi connectivity index (χ3n) is 2.43. The molecule has 0 aliphatic carbocycles. The zero-order valence-corrected chi connectivity index (χ0v) is 11.0. The van der Waals surface area contributed by atoms with Crippen LogP contribution in [0.4, 0.5) is 11.5 Å². The smallest absolute Gasteiger partial charge is 0.341 e. The first kappa shape index (κ1) is 14.2. The van der Waals surface area contributed by atoms with E-state index in [0.29, 0.717) is 36.8 Å². The third kappa shape index (κ3) is 3.59. The van der Waals surface area contributed by atoms with E-state index in [1.807, 2.05) is 18.9 Å². The maximum absolute atomic E-state index is 11.6. The van der Waals surface area contributed by atoms with Gasteiger partial charge in [-0.15, -0.1) is 0 Å². The summed E-state index contributed by atoms with van der Waals surface area (Å²) in [6, 6.07) is 1.56. The van der Waals surface area contributed by atoms with Crippen molar-refractivity contribution < 1.29 is 14.3 Å². The van der Waals surface area contributed by atoms with Crippen molar-refractivity contribution in [3.05, 3.63) is 17.8 Å². The van der Waals surface area contributed by atoms with Gasteiger partial charge < -0.3 is 20.1 Å². The van der Waals surface area contributed by atoms with Gasteiger partial charge in [-0.3, -0.25) is 0 Å². The second kappa shape index (κ2) is 6.80. The Hall–Kier alpha value is -1.82. The average Bonchev–Trinajstić information content (AvgIpc) is 2.37. The van der Waals surface area contributed by atoms with Crippen LogP contribution in [0.2, 0.25) is 0 Å². The van der Waals surface area contributed by atoms with Crippen LogP contribution in [-0.4, -0.2) is 44.9 Å². The molecule has 1 heterocycles. The molecule has 1 aromatic rings. The number of anilines is 2. The quantitative estimate of drug-likeness (QED) is 0.600. The number of ether oxygens (including phenoxy) is 2. The fraction of sp³-hybridized carbons (Fsp3) is 0.500. The van der Waals surface area contributed by atoms with E-state index in [9.17, 15) is 4.79 Å². The molecule has 0 saturated carbocycles. The van der Waals surface area contributed by atoms with Gasteiger partial charge in [-0.25, -0.2) is 9.78 Å². The highest BCUT2D eigenvalue weighted by Crippen LogP contribution is 2.19. The largest absolute Gasteiger partial charge is 0.465 e. The summed E-state index contributed by atoms with van der Waals surface area (Å²) in [4.78, 5) is 17.7. The number of nitrogen functional groups attached to an aromatic ring is 1. The molecule has 0 amide bonds. The van der Waals surface area contributed by atoms with Gasteiger partial charge in [0.05, 0.1) is 25.6 Å². The first-order valence-corrected chi connectivity index (χ1v) is 5.72. The minimum absolute atomic E-state index is 0.358. The van der Waals surface area contributed by atoms with Crippen LogP contribution in [0.5, 0.6) is 0 Å². The van der Waals surface area contributed by atoms with Gasteiger partial charge in [0.25, 0.3) is 0 Å². The molecule has 18 heavy (non-hydrogen) atoms. The van der Waals surface area contributed by atoms with Gasteiger partial charge in [0.15, 0.2) is 0 Å². The van der Waals surface area contributed by atoms with Crippen LogP contribution in [0.3, 0.4) is 0 Å². The van der Waals surface area contributed by atoms with Gasteiger partial charge in [0.1, 0.15) is 11.4 Å². The van der Waals surface area contributed by atoms with Crippen LogP contribution in [-0.2, 0) is 9.47 Å². The summed E-state index contributed by atoms with van der Waals surface area (Å²) in [6.45, 7) is 3.79. The first-order valence-electron chi connectivity index (χ1n) is 5.72. The van der Waals surface area contributed by atoms with Gasteiger partial charge in [-0.1, -0.05) is 0 Å². The van der Waals surface area contributed by atoms with Crippen LogP contribution in [0.15, 0.2) is 12.3 Å². The summed E-state index contributed by atoms with van der Waals surface area (Å²) < 4.78 is 9.98. The van der Waals surface area contributed by atoms with Crippen molar-refractivity contribution in [2.75, 3.05) is 44.5 Å². The highest BCUT2D eigenvalue weighted by molar-refractivity contribution is 5.95. The number of nitrogens with two attached hydrogens (primary N) is 1. The van der Waals surface area contributed by atoms with E-state index in [0.717, 1.165) is 0 Å². The summed E-state index contributed by atoms with van der Waals surface area (Å²) in [5, 5.41) is 0. The molecule has 0 spiro atoms. The first-order chi connectivity index (χ1) is 8.60. The van der Waals surface area contributed by atoms with Crippen LogP contribution in [0.1, 0.15) is 17.3 Å². The zero-order valence-electron chi connectivity index (χ0n) is 11.0. The highest BCUT2D eigenvalue weighted by atomic mass is 16.5.